The Balaban J connectivity index is 1.64. The third kappa shape index (κ3) is 3.05. The fourth-order valence-corrected chi connectivity index (χ4v) is 4.80. The van der Waals surface area contributed by atoms with Crippen molar-refractivity contribution in [1.82, 2.24) is 20.3 Å². The van der Waals surface area contributed by atoms with E-state index in [1.165, 1.54) is 0 Å². The van der Waals surface area contributed by atoms with Crippen LogP contribution in [0.5, 0.6) is 0 Å². The second kappa shape index (κ2) is 7.06. The van der Waals surface area contributed by atoms with Gasteiger partial charge in [0, 0.05) is 51.7 Å². The molecule has 9 heteroatoms. The number of morpholine rings is 1. The zero-order valence-corrected chi connectivity index (χ0v) is 16.2. The SMILES string of the molecule is CNc1nc(N2CCNCC2)c2sc3nc(N4CCOCC4)ccc3c2n1. The first kappa shape index (κ1) is 16.9. The maximum Gasteiger partial charge on any atom is 0.225 e. The Kier molecular flexibility index (Phi) is 4.42. The third-order valence-corrected chi connectivity index (χ3v) is 6.21. The Morgan fingerprint density at radius 3 is 2.63 bits per heavy atom. The lowest BCUT2D eigenvalue weighted by Gasteiger charge is -2.28. The summed E-state index contributed by atoms with van der Waals surface area (Å²) in [7, 11) is 1.87. The highest BCUT2D eigenvalue weighted by molar-refractivity contribution is 7.26. The Labute approximate surface area is 161 Å². The molecular formula is C18H23N7OS. The number of piperazine rings is 1. The quantitative estimate of drug-likeness (QED) is 0.703. The zero-order valence-electron chi connectivity index (χ0n) is 15.4. The molecule has 3 aromatic rings. The molecule has 2 saturated heterocycles. The van der Waals surface area contributed by atoms with E-state index in [0.717, 1.165) is 84.6 Å². The number of anilines is 3. The van der Waals surface area contributed by atoms with Crippen molar-refractivity contribution in [2.45, 2.75) is 0 Å². The molecule has 2 aliphatic rings. The molecule has 0 bridgehead atoms. The highest BCUT2D eigenvalue weighted by Gasteiger charge is 2.21. The predicted octanol–water partition coefficient (Wildman–Crippen LogP) is 1.53. The van der Waals surface area contributed by atoms with E-state index in [1.54, 1.807) is 11.3 Å². The zero-order chi connectivity index (χ0) is 18.2. The molecule has 5 rings (SSSR count). The van der Waals surface area contributed by atoms with Gasteiger partial charge in [-0.2, -0.15) is 4.98 Å². The van der Waals surface area contributed by atoms with Crippen LogP contribution in [0.1, 0.15) is 0 Å². The van der Waals surface area contributed by atoms with Gasteiger partial charge in [0.2, 0.25) is 5.95 Å². The van der Waals surface area contributed by atoms with Gasteiger partial charge < -0.3 is 25.2 Å². The minimum absolute atomic E-state index is 0.660. The first-order valence-corrected chi connectivity index (χ1v) is 10.2. The number of thiophene rings is 1. The molecule has 0 saturated carbocycles. The molecule has 0 aliphatic carbocycles. The normalized spacial score (nSPS) is 18.4. The Bertz CT molecular complexity index is 963. The van der Waals surface area contributed by atoms with Crippen molar-refractivity contribution in [2.24, 2.45) is 0 Å². The summed E-state index contributed by atoms with van der Waals surface area (Å²) in [5, 5.41) is 7.62. The molecule has 142 valence electrons. The monoisotopic (exact) mass is 385 g/mol. The molecule has 0 amide bonds. The highest BCUT2D eigenvalue weighted by atomic mass is 32.1. The minimum atomic E-state index is 0.660. The topological polar surface area (TPSA) is 78.4 Å². The summed E-state index contributed by atoms with van der Waals surface area (Å²) in [5.41, 5.74) is 0.990. The van der Waals surface area contributed by atoms with Gasteiger partial charge in [0.25, 0.3) is 0 Å². The van der Waals surface area contributed by atoms with Crippen molar-refractivity contribution in [1.29, 1.82) is 0 Å². The number of nitrogens with one attached hydrogen (secondary N) is 2. The molecule has 3 aromatic heterocycles. The molecule has 0 unspecified atom stereocenters. The largest absolute Gasteiger partial charge is 0.378 e. The summed E-state index contributed by atoms with van der Waals surface area (Å²) in [5.74, 6) is 2.69. The van der Waals surface area contributed by atoms with E-state index in [2.05, 4.69) is 32.6 Å². The van der Waals surface area contributed by atoms with Gasteiger partial charge in [0.05, 0.1) is 23.4 Å². The van der Waals surface area contributed by atoms with Gasteiger partial charge in [-0.15, -0.1) is 11.3 Å². The van der Waals surface area contributed by atoms with Crippen molar-refractivity contribution in [2.75, 3.05) is 74.6 Å². The van der Waals surface area contributed by atoms with E-state index in [1.807, 2.05) is 7.05 Å². The van der Waals surface area contributed by atoms with Crippen LogP contribution in [-0.2, 0) is 4.74 Å². The summed E-state index contributed by atoms with van der Waals surface area (Å²) in [4.78, 5) is 20.1. The lowest BCUT2D eigenvalue weighted by molar-refractivity contribution is 0.122. The smallest absolute Gasteiger partial charge is 0.225 e. The summed E-state index contributed by atoms with van der Waals surface area (Å²) in [6.45, 7) is 7.16. The number of ether oxygens (including phenoxy) is 1. The molecule has 0 spiro atoms. The molecule has 2 fully saturated rings. The summed E-state index contributed by atoms with van der Waals surface area (Å²) in [6.07, 6.45) is 0. The molecule has 0 radical (unpaired) electrons. The minimum Gasteiger partial charge on any atom is -0.378 e. The number of hydrogen-bond acceptors (Lipinski definition) is 9. The predicted molar refractivity (Wildman–Crippen MR) is 110 cm³/mol. The van der Waals surface area contributed by atoms with Crippen molar-refractivity contribution in [3.8, 4) is 0 Å². The van der Waals surface area contributed by atoms with Crippen LogP contribution in [0.25, 0.3) is 20.4 Å². The van der Waals surface area contributed by atoms with Crippen LogP contribution in [0.2, 0.25) is 0 Å². The van der Waals surface area contributed by atoms with Crippen LogP contribution < -0.4 is 20.4 Å². The lowest BCUT2D eigenvalue weighted by Crippen LogP contribution is -2.44. The molecule has 27 heavy (non-hydrogen) atoms. The number of aromatic nitrogens is 3. The Hall–Kier alpha value is -2.23. The molecule has 8 nitrogen and oxygen atoms in total. The van der Waals surface area contributed by atoms with Crippen LogP contribution in [0.3, 0.4) is 0 Å². The average Bonchev–Trinajstić information content (AvgIpc) is 3.12. The van der Waals surface area contributed by atoms with Gasteiger partial charge in [0.1, 0.15) is 10.6 Å². The first-order chi connectivity index (χ1) is 13.3. The molecule has 2 aliphatic heterocycles. The van der Waals surface area contributed by atoms with E-state index in [0.29, 0.717) is 5.95 Å². The Morgan fingerprint density at radius 2 is 1.85 bits per heavy atom. The van der Waals surface area contributed by atoms with Crippen LogP contribution >= 0.6 is 11.3 Å². The maximum absolute atomic E-state index is 5.46. The summed E-state index contributed by atoms with van der Waals surface area (Å²) in [6, 6.07) is 4.26. The molecule has 2 N–H and O–H groups in total. The van der Waals surface area contributed by atoms with Crippen molar-refractivity contribution < 1.29 is 4.74 Å². The fraction of sp³-hybridized carbons (Fsp3) is 0.500. The van der Waals surface area contributed by atoms with Crippen LogP contribution in [0.15, 0.2) is 12.1 Å². The second-order valence-corrected chi connectivity index (χ2v) is 7.76. The average molecular weight is 385 g/mol. The lowest BCUT2D eigenvalue weighted by atomic mass is 10.2. The van der Waals surface area contributed by atoms with E-state index >= 15 is 0 Å². The number of nitrogens with zero attached hydrogens (tertiary/aromatic N) is 5. The van der Waals surface area contributed by atoms with Gasteiger partial charge in [-0.3, -0.25) is 0 Å². The number of pyridine rings is 1. The fourth-order valence-electron chi connectivity index (χ4n) is 3.67. The van der Waals surface area contributed by atoms with Gasteiger partial charge in [-0.05, 0) is 12.1 Å². The van der Waals surface area contributed by atoms with E-state index in [4.69, 9.17) is 19.7 Å². The molecule has 0 atom stereocenters. The van der Waals surface area contributed by atoms with Crippen LogP contribution in [0.4, 0.5) is 17.6 Å². The van der Waals surface area contributed by atoms with Crippen molar-refractivity contribution in [3.63, 3.8) is 0 Å². The van der Waals surface area contributed by atoms with Crippen molar-refractivity contribution in [3.05, 3.63) is 12.1 Å². The van der Waals surface area contributed by atoms with E-state index < -0.39 is 0 Å². The van der Waals surface area contributed by atoms with Crippen LogP contribution in [0, 0.1) is 0 Å². The van der Waals surface area contributed by atoms with E-state index in [-0.39, 0.29) is 0 Å². The number of hydrogen-bond donors (Lipinski definition) is 2. The maximum atomic E-state index is 5.46. The van der Waals surface area contributed by atoms with Crippen LogP contribution in [-0.4, -0.2) is 74.5 Å². The van der Waals surface area contributed by atoms with Gasteiger partial charge >= 0.3 is 0 Å². The summed E-state index contributed by atoms with van der Waals surface area (Å²) < 4.78 is 6.59. The van der Waals surface area contributed by atoms with E-state index in [9.17, 15) is 0 Å². The second-order valence-electron chi connectivity index (χ2n) is 6.76. The highest BCUT2D eigenvalue weighted by Crippen LogP contribution is 2.38. The first-order valence-electron chi connectivity index (χ1n) is 9.41. The molecule has 0 aromatic carbocycles. The third-order valence-electron chi connectivity index (χ3n) is 5.12. The standard InChI is InChI=1S/C18H23N7OS/c1-19-18-22-14-12-2-3-13(24-8-10-26-11-9-24)21-17(12)27-15(14)16(23-18)25-6-4-20-5-7-25/h2-3,20H,4-11H2,1H3,(H,19,22,23). The van der Waals surface area contributed by atoms with Gasteiger partial charge in [-0.1, -0.05) is 0 Å². The van der Waals surface area contributed by atoms with Gasteiger partial charge in [0.15, 0.2) is 5.82 Å². The molecular weight excluding hydrogens is 362 g/mol. The van der Waals surface area contributed by atoms with Gasteiger partial charge in [-0.25, -0.2) is 9.97 Å². The summed E-state index contributed by atoms with van der Waals surface area (Å²) >= 11 is 1.70. The number of rotatable bonds is 3. The van der Waals surface area contributed by atoms with Crippen molar-refractivity contribution >= 4 is 49.4 Å². The Morgan fingerprint density at radius 1 is 1.04 bits per heavy atom. The molecule has 5 heterocycles. The number of fused-ring (bicyclic) bond motifs is 3.